The van der Waals surface area contributed by atoms with Gasteiger partial charge in [-0.05, 0) is 41.8 Å². The summed E-state index contributed by atoms with van der Waals surface area (Å²) in [4.78, 5) is 7.68. The third kappa shape index (κ3) is 6.29. The van der Waals surface area contributed by atoms with Crippen LogP contribution in [-0.4, -0.2) is 26.4 Å². The fraction of sp³-hybridized carbons (Fsp3) is 0.364. The standard InChI is InChI=1S/C33H38ClN3O3/c1-5-6-16-37-28(31(33(2,3)4)35-32(37)24-10-8-7-9-11-24)21-36(20-25-13-14-26(38)18-27(25)34)19-23-12-15-29-30(17-23)40-22-39-29/h7-15,17-18,38H,5-6,16,19-22H2,1-4H3. The van der Waals surface area contributed by atoms with Gasteiger partial charge in [0.2, 0.25) is 6.79 Å². The molecule has 1 N–H and O–H groups in total. The molecule has 0 saturated carbocycles. The Labute approximate surface area is 242 Å². The van der Waals surface area contributed by atoms with Crippen LogP contribution >= 0.6 is 11.6 Å². The van der Waals surface area contributed by atoms with E-state index in [-0.39, 0.29) is 18.0 Å². The number of nitrogens with zero attached hydrogens (tertiary/aromatic N) is 3. The molecule has 210 valence electrons. The molecule has 7 heteroatoms. The summed E-state index contributed by atoms with van der Waals surface area (Å²) in [5, 5.41) is 10.5. The minimum Gasteiger partial charge on any atom is -0.508 e. The van der Waals surface area contributed by atoms with Gasteiger partial charge in [0.15, 0.2) is 11.5 Å². The topological polar surface area (TPSA) is 59.8 Å². The minimum absolute atomic E-state index is 0.142. The molecule has 6 nitrogen and oxygen atoms in total. The van der Waals surface area contributed by atoms with Gasteiger partial charge in [0.1, 0.15) is 11.6 Å². The van der Waals surface area contributed by atoms with Gasteiger partial charge in [-0.2, -0.15) is 0 Å². The molecular formula is C33H38ClN3O3. The van der Waals surface area contributed by atoms with Crippen LogP contribution in [0.2, 0.25) is 5.02 Å². The fourth-order valence-electron chi connectivity index (χ4n) is 5.19. The maximum atomic E-state index is 9.95. The number of hydrogen-bond acceptors (Lipinski definition) is 5. The number of imidazole rings is 1. The number of benzene rings is 3. The van der Waals surface area contributed by atoms with Crippen LogP contribution in [0.25, 0.3) is 11.4 Å². The quantitative estimate of drug-likeness (QED) is 0.214. The molecule has 1 aromatic heterocycles. The van der Waals surface area contributed by atoms with Crippen molar-refractivity contribution >= 4 is 11.6 Å². The Kier molecular flexibility index (Phi) is 8.38. The summed E-state index contributed by atoms with van der Waals surface area (Å²) in [5.74, 6) is 2.72. The molecule has 4 aromatic rings. The first-order valence-corrected chi connectivity index (χ1v) is 14.3. The lowest BCUT2D eigenvalue weighted by Crippen LogP contribution is -2.27. The lowest BCUT2D eigenvalue weighted by Gasteiger charge is -2.27. The molecule has 0 bridgehead atoms. The average Bonchev–Trinajstić information content (AvgIpc) is 3.54. The molecule has 40 heavy (non-hydrogen) atoms. The summed E-state index contributed by atoms with van der Waals surface area (Å²) in [5.41, 5.74) is 5.39. The zero-order chi connectivity index (χ0) is 28.3. The summed E-state index contributed by atoms with van der Waals surface area (Å²) in [6.45, 7) is 12.0. The average molecular weight is 560 g/mol. The van der Waals surface area contributed by atoms with Gasteiger partial charge in [-0.3, -0.25) is 4.90 Å². The highest BCUT2D eigenvalue weighted by Crippen LogP contribution is 2.35. The van der Waals surface area contributed by atoms with E-state index in [0.717, 1.165) is 59.1 Å². The van der Waals surface area contributed by atoms with Crippen molar-refractivity contribution in [2.24, 2.45) is 0 Å². The van der Waals surface area contributed by atoms with Crippen molar-refractivity contribution in [1.29, 1.82) is 0 Å². The molecular weight excluding hydrogens is 522 g/mol. The van der Waals surface area contributed by atoms with Gasteiger partial charge < -0.3 is 19.1 Å². The smallest absolute Gasteiger partial charge is 0.231 e. The molecule has 3 aromatic carbocycles. The van der Waals surface area contributed by atoms with Crippen molar-refractivity contribution in [2.75, 3.05) is 6.79 Å². The van der Waals surface area contributed by atoms with Crippen LogP contribution in [-0.2, 0) is 31.6 Å². The van der Waals surface area contributed by atoms with E-state index in [0.29, 0.717) is 24.7 Å². The van der Waals surface area contributed by atoms with Gasteiger partial charge in [-0.15, -0.1) is 0 Å². The highest BCUT2D eigenvalue weighted by atomic mass is 35.5. The third-order valence-corrected chi connectivity index (χ3v) is 7.55. The summed E-state index contributed by atoms with van der Waals surface area (Å²) in [6, 6.07) is 21.8. The van der Waals surface area contributed by atoms with E-state index in [4.69, 9.17) is 26.1 Å². The lowest BCUT2D eigenvalue weighted by molar-refractivity contribution is 0.174. The highest BCUT2D eigenvalue weighted by Gasteiger charge is 2.28. The summed E-state index contributed by atoms with van der Waals surface area (Å²) in [7, 11) is 0. The Morgan fingerprint density at radius 3 is 2.45 bits per heavy atom. The van der Waals surface area contributed by atoms with Crippen LogP contribution in [0.5, 0.6) is 17.2 Å². The number of phenolic OH excluding ortho intramolecular Hbond substituents is 1. The Balaban J connectivity index is 1.58. The highest BCUT2D eigenvalue weighted by molar-refractivity contribution is 6.31. The zero-order valence-corrected chi connectivity index (χ0v) is 24.5. The number of ether oxygens (including phenoxy) is 2. The van der Waals surface area contributed by atoms with Crippen molar-refractivity contribution in [3.63, 3.8) is 0 Å². The van der Waals surface area contributed by atoms with Crippen LogP contribution in [0.15, 0.2) is 66.7 Å². The monoisotopic (exact) mass is 559 g/mol. The molecule has 2 heterocycles. The molecule has 0 amide bonds. The predicted molar refractivity (Wildman–Crippen MR) is 160 cm³/mol. The Hall–Kier alpha value is -3.48. The first-order valence-electron chi connectivity index (χ1n) is 14.0. The van der Waals surface area contributed by atoms with E-state index in [1.165, 1.54) is 5.69 Å². The number of aromatic nitrogens is 2. The van der Waals surface area contributed by atoms with Gasteiger partial charge in [-0.25, -0.2) is 4.98 Å². The Morgan fingerprint density at radius 1 is 0.950 bits per heavy atom. The van der Waals surface area contributed by atoms with Crippen LogP contribution < -0.4 is 9.47 Å². The molecule has 0 aliphatic carbocycles. The van der Waals surface area contributed by atoms with Gasteiger partial charge >= 0.3 is 0 Å². The predicted octanol–water partition coefficient (Wildman–Crippen LogP) is 7.94. The first kappa shape index (κ1) is 28.1. The summed E-state index contributed by atoms with van der Waals surface area (Å²) < 4.78 is 13.6. The van der Waals surface area contributed by atoms with Crippen molar-refractivity contribution < 1.29 is 14.6 Å². The van der Waals surface area contributed by atoms with Gasteiger partial charge in [0.25, 0.3) is 0 Å². The number of rotatable bonds is 10. The molecule has 0 spiro atoms. The second kappa shape index (κ2) is 11.9. The maximum Gasteiger partial charge on any atom is 0.231 e. The van der Waals surface area contributed by atoms with Crippen LogP contribution in [0.4, 0.5) is 0 Å². The maximum absolute atomic E-state index is 9.95. The van der Waals surface area contributed by atoms with E-state index in [1.807, 2.05) is 18.2 Å². The van der Waals surface area contributed by atoms with Crippen molar-refractivity contribution in [2.45, 2.75) is 72.1 Å². The van der Waals surface area contributed by atoms with Crippen molar-refractivity contribution in [3.8, 4) is 28.6 Å². The van der Waals surface area contributed by atoms with Crippen molar-refractivity contribution in [3.05, 3.63) is 94.3 Å². The normalized spacial score (nSPS) is 12.8. The van der Waals surface area contributed by atoms with Gasteiger partial charge in [-0.1, -0.05) is 88.2 Å². The summed E-state index contributed by atoms with van der Waals surface area (Å²) in [6.07, 6.45) is 2.17. The first-order chi connectivity index (χ1) is 19.2. The van der Waals surface area contributed by atoms with Crippen LogP contribution in [0.1, 0.15) is 63.1 Å². The van der Waals surface area contributed by atoms with E-state index >= 15 is 0 Å². The second-order valence-electron chi connectivity index (χ2n) is 11.5. The number of halogens is 1. The zero-order valence-electron chi connectivity index (χ0n) is 23.8. The molecule has 0 radical (unpaired) electrons. The van der Waals surface area contributed by atoms with Crippen LogP contribution in [0, 0.1) is 0 Å². The second-order valence-corrected chi connectivity index (χ2v) is 11.9. The van der Waals surface area contributed by atoms with E-state index in [9.17, 15) is 5.11 Å². The number of aromatic hydroxyl groups is 1. The Bertz CT molecular complexity index is 1460. The molecule has 1 aliphatic heterocycles. The van der Waals surface area contributed by atoms with Crippen molar-refractivity contribution in [1.82, 2.24) is 14.5 Å². The molecule has 0 atom stereocenters. The number of phenols is 1. The number of unbranched alkanes of at least 4 members (excludes halogenated alkanes) is 1. The van der Waals surface area contributed by atoms with Gasteiger partial charge in [0, 0.05) is 42.2 Å². The number of hydrogen-bond donors (Lipinski definition) is 1. The SMILES string of the molecule is CCCCn1c(-c2ccccc2)nc(C(C)(C)C)c1CN(Cc1ccc2c(c1)OCO2)Cc1ccc(O)cc1Cl. The number of fused-ring (bicyclic) bond motifs is 1. The Morgan fingerprint density at radius 2 is 1.73 bits per heavy atom. The van der Waals surface area contributed by atoms with Crippen LogP contribution in [0.3, 0.4) is 0 Å². The molecule has 0 unspecified atom stereocenters. The molecule has 5 rings (SSSR count). The summed E-state index contributed by atoms with van der Waals surface area (Å²) >= 11 is 6.60. The van der Waals surface area contributed by atoms with E-state index in [1.54, 1.807) is 12.1 Å². The third-order valence-electron chi connectivity index (χ3n) is 7.20. The molecule has 0 saturated heterocycles. The fourth-order valence-corrected chi connectivity index (χ4v) is 5.43. The lowest BCUT2D eigenvalue weighted by atomic mass is 9.90. The van der Waals surface area contributed by atoms with Gasteiger partial charge in [0.05, 0.1) is 11.4 Å². The minimum atomic E-state index is -0.142. The molecule has 1 aliphatic rings. The largest absolute Gasteiger partial charge is 0.508 e. The molecule has 0 fully saturated rings. The van der Waals surface area contributed by atoms with E-state index < -0.39 is 0 Å². The van der Waals surface area contributed by atoms with E-state index in [2.05, 4.69) is 73.6 Å².